The molecular weight excluding hydrogens is 464 g/mol. The Hall–Kier alpha value is -3.44. The van der Waals surface area contributed by atoms with Crippen LogP contribution in [0, 0.1) is 18.3 Å². The number of aliphatic carboxylic acids is 1. The lowest BCUT2D eigenvalue weighted by Gasteiger charge is -2.32. The van der Waals surface area contributed by atoms with Crippen LogP contribution in [-0.4, -0.2) is 57.8 Å². The van der Waals surface area contributed by atoms with Gasteiger partial charge in [-0.2, -0.15) is 0 Å². The number of fused-ring (bicyclic) bond motifs is 3. The van der Waals surface area contributed by atoms with Crippen LogP contribution < -0.4 is 5.32 Å². The van der Waals surface area contributed by atoms with Gasteiger partial charge in [-0.3, -0.25) is 4.79 Å². The van der Waals surface area contributed by atoms with E-state index in [9.17, 15) is 19.5 Å². The zero-order valence-corrected chi connectivity index (χ0v) is 20.5. The molecule has 8 heteroatoms. The summed E-state index contributed by atoms with van der Waals surface area (Å²) in [6.07, 6.45) is 4.64. The molecule has 0 spiro atoms. The molecule has 0 bridgehead atoms. The Labute approximate surface area is 209 Å². The highest BCUT2D eigenvalue weighted by atomic mass is 32.2. The number of alkyl carbamates (subject to hydrolysis) is 1. The van der Waals surface area contributed by atoms with Crippen LogP contribution in [0.4, 0.5) is 4.79 Å². The zero-order valence-electron chi connectivity index (χ0n) is 19.6. The standard InChI is InChI=1S/C27H28N2O5S/c1-4-9-22(24(30)29-23(26(31)32)15-35-25(29)16(2)3)28-27(33)34-14-21-19-12-7-5-10-17(19)18-11-6-8-13-20(18)21/h1,5-8,10-13,16,21-23,25H,9,14-15H2,2-3H3,(H,28,33)(H,31,32). The Balaban J connectivity index is 1.47. The van der Waals surface area contributed by atoms with Crippen LogP contribution in [0.2, 0.25) is 0 Å². The number of amides is 2. The number of hydrogen-bond acceptors (Lipinski definition) is 5. The van der Waals surface area contributed by atoms with E-state index in [2.05, 4.69) is 11.2 Å². The lowest BCUT2D eigenvalue weighted by molar-refractivity contribution is -0.150. The first kappa shape index (κ1) is 24.7. The zero-order chi connectivity index (χ0) is 25.1. The molecule has 2 amide bonds. The lowest BCUT2D eigenvalue weighted by atomic mass is 9.98. The van der Waals surface area contributed by atoms with Crippen LogP contribution >= 0.6 is 11.8 Å². The van der Waals surface area contributed by atoms with Gasteiger partial charge in [-0.25, -0.2) is 9.59 Å². The van der Waals surface area contributed by atoms with E-state index < -0.39 is 30.1 Å². The normalized spacial score (nSPS) is 19.5. The van der Waals surface area contributed by atoms with Crippen molar-refractivity contribution in [2.24, 2.45) is 5.92 Å². The van der Waals surface area contributed by atoms with Crippen molar-refractivity contribution >= 4 is 29.7 Å². The quantitative estimate of drug-likeness (QED) is 0.569. The van der Waals surface area contributed by atoms with E-state index in [1.54, 1.807) is 0 Å². The van der Waals surface area contributed by atoms with E-state index in [0.717, 1.165) is 22.3 Å². The average Bonchev–Trinajstić information content (AvgIpc) is 3.42. The van der Waals surface area contributed by atoms with Gasteiger partial charge in [0.25, 0.3) is 0 Å². The second-order valence-corrected chi connectivity index (χ2v) is 10.1. The van der Waals surface area contributed by atoms with Gasteiger partial charge in [-0.05, 0) is 28.2 Å². The van der Waals surface area contributed by atoms with Crippen molar-refractivity contribution in [1.82, 2.24) is 10.2 Å². The van der Waals surface area contributed by atoms with E-state index >= 15 is 0 Å². The number of terminal acetylenes is 1. The van der Waals surface area contributed by atoms with Gasteiger partial charge < -0.3 is 20.1 Å². The fraction of sp³-hybridized carbons (Fsp3) is 0.370. The van der Waals surface area contributed by atoms with Crippen molar-refractivity contribution in [2.45, 2.75) is 43.6 Å². The van der Waals surface area contributed by atoms with Crippen molar-refractivity contribution in [2.75, 3.05) is 12.4 Å². The Morgan fingerprint density at radius 3 is 2.29 bits per heavy atom. The smallest absolute Gasteiger partial charge is 0.407 e. The Kier molecular flexibility index (Phi) is 7.37. The van der Waals surface area contributed by atoms with Crippen LogP contribution in [0.5, 0.6) is 0 Å². The fourth-order valence-electron chi connectivity index (χ4n) is 4.79. The number of nitrogens with one attached hydrogen (secondary N) is 1. The summed E-state index contributed by atoms with van der Waals surface area (Å²) in [6, 6.07) is 14.0. The minimum absolute atomic E-state index is 0.0363. The van der Waals surface area contributed by atoms with E-state index in [4.69, 9.17) is 11.2 Å². The minimum atomic E-state index is -1.07. The van der Waals surface area contributed by atoms with Gasteiger partial charge in [0.15, 0.2) is 0 Å². The summed E-state index contributed by atoms with van der Waals surface area (Å²) in [7, 11) is 0. The summed E-state index contributed by atoms with van der Waals surface area (Å²) >= 11 is 1.42. The number of rotatable bonds is 7. The van der Waals surface area contributed by atoms with Crippen LogP contribution in [0.1, 0.15) is 37.3 Å². The van der Waals surface area contributed by atoms with Crippen molar-refractivity contribution in [3.8, 4) is 23.5 Å². The number of carboxylic acid groups (broad SMARTS) is 1. The summed E-state index contributed by atoms with van der Waals surface area (Å²) < 4.78 is 5.57. The third-order valence-electron chi connectivity index (χ3n) is 6.40. The predicted octanol–water partition coefficient (Wildman–Crippen LogP) is 3.93. The second kappa shape index (κ2) is 10.4. The molecule has 1 fully saturated rings. The molecule has 2 aromatic carbocycles. The monoisotopic (exact) mass is 492 g/mol. The van der Waals surface area contributed by atoms with Crippen molar-refractivity contribution in [1.29, 1.82) is 0 Å². The first-order chi connectivity index (χ1) is 16.8. The number of carbonyl (C=O) groups is 3. The molecule has 1 heterocycles. The number of ether oxygens (including phenoxy) is 1. The maximum absolute atomic E-state index is 13.4. The molecular formula is C27H28N2O5S. The second-order valence-electron chi connectivity index (χ2n) is 9.00. The highest BCUT2D eigenvalue weighted by Gasteiger charge is 2.45. The molecule has 7 nitrogen and oxygen atoms in total. The van der Waals surface area contributed by atoms with Gasteiger partial charge in [0.1, 0.15) is 18.7 Å². The molecule has 1 saturated heterocycles. The fourth-order valence-corrected chi connectivity index (χ4v) is 6.27. The van der Waals surface area contributed by atoms with Gasteiger partial charge in [0, 0.05) is 18.1 Å². The Bertz CT molecular complexity index is 1130. The molecule has 0 aromatic heterocycles. The third kappa shape index (κ3) is 4.87. The molecule has 2 N–H and O–H groups in total. The topological polar surface area (TPSA) is 95.9 Å². The van der Waals surface area contributed by atoms with Crippen molar-refractivity contribution < 1.29 is 24.2 Å². The van der Waals surface area contributed by atoms with Crippen molar-refractivity contribution in [3.05, 3.63) is 59.7 Å². The number of thioether (sulfide) groups is 1. The highest BCUT2D eigenvalue weighted by molar-refractivity contribution is 8.00. The molecule has 0 radical (unpaired) electrons. The number of hydrogen-bond donors (Lipinski definition) is 2. The first-order valence-electron chi connectivity index (χ1n) is 11.5. The molecule has 2 aromatic rings. The summed E-state index contributed by atoms with van der Waals surface area (Å²) in [5.41, 5.74) is 4.39. The van der Waals surface area contributed by atoms with E-state index in [1.807, 2.05) is 62.4 Å². The maximum Gasteiger partial charge on any atom is 0.407 e. The molecule has 1 aliphatic carbocycles. The SMILES string of the molecule is C#CCC(NC(=O)OCC1c2ccccc2-c2ccccc21)C(=O)N1C(C(=O)O)CSC1C(C)C. The molecule has 3 atom stereocenters. The lowest BCUT2D eigenvalue weighted by Crippen LogP contribution is -2.55. The average molecular weight is 493 g/mol. The van der Waals surface area contributed by atoms with Crippen LogP contribution in [0.3, 0.4) is 0 Å². The van der Waals surface area contributed by atoms with Crippen LogP contribution in [0.15, 0.2) is 48.5 Å². The number of carbonyl (C=O) groups excluding carboxylic acids is 2. The van der Waals surface area contributed by atoms with Gasteiger partial charge in [-0.1, -0.05) is 62.4 Å². The predicted molar refractivity (Wildman–Crippen MR) is 135 cm³/mol. The van der Waals surface area contributed by atoms with E-state index in [0.29, 0.717) is 0 Å². The van der Waals surface area contributed by atoms with E-state index in [-0.39, 0.29) is 36.0 Å². The minimum Gasteiger partial charge on any atom is -0.480 e. The molecule has 35 heavy (non-hydrogen) atoms. The van der Waals surface area contributed by atoms with Crippen LogP contribution in [-0.2, 0) is 14.3 Å². The number of benzene rings is 2. The molecule has 1 aliphatic heterocycles. The number of carboxylic acids is 1. The Morgan fingerprint density at radius 1 is 1.14 bits per heavy atom. The van der Waals surface area contributed by atoms with Gasteiger partial charge in [0.2, 0.25) is 5.91 Å². The maximum atomic E-state index is 13.4. The largest absolute Gasteiger partial charge is 0.480 e. The number of nitrogens with zero attached hydrogens (tertiary/aromatic N) is 1. The van der Waals surface area contributed by atoms with Gasteiger partial charge in [-0.15, -0.1) is 24.1 Å². The van der Waals surface area contributed by atoms with Gasteiger partial charge >= 0.3 is 12.1 Å². The summed E-state index contributed by atoms with van der Waals surface area (Å²) in [5, 5.41) is 11.9. The molecule has 3 unspecified atom stereocenters. The summed E-state index contributed by atoms with van der Waals surface area (Å²) in [5.74, 6) is 1.04. The highest BCUT2D eigenvalue weighted by Crippen LogP contribution is 2.44. The van der Waals surface area contributed by atoms with Crippen LogP contribution in [0.25, 0.3) is 11.1 Å². The molecule has 2 aliphatic rings. The van der Waals surface area contributed by atoms with Crippen molar-refractivity contribution in [3.63, 3.8) is 0 Å². The Morgan fingerprint density at radius 2 is 1.74 bits per heavy atom. The summed E-state index contributed by atoms with van der Waals surface area (Å²) in [4.78, 5) is 39.3. The first-order valence-corrected chi connectivity index (χ1v) is 12.6. The molecule has 0 saturated carbocycles. The molecule has 182 valence electrons. The molecule has 4 rings (SSSR count). The van der Waals surface area contributed by atoms with Gasteiger partial charge in [0.05, 0.1) is 5.37 Å². The third-order valence-corrected chi connectivity index (χ3v) is 8.02. The summed E-state index contributed by atoms with van der Waals surface area (Å²) in [6.45, 7) is 3.96. The van der Waals surface area contributed by atoms with E-state index in [1.165, 1.54) is 16.7 Å².